The van der Waals surface area contributed by atoms with E-state index in [-0.39, 0.29) is 12.0 Å². The molecule has 100 valence electrons. The van der Waals surface area contributed by atoms with Gasteiger partial charge in [0.15, 0.2) is 0 Å². The molecule has 18 heavy (non-hydrogen) atoms. The first-order valence-corrected chi connectivity index (χ1v) is 6.72. The van der Waals surface area contributed by atoms with Crippen molar-refractivity contribution >= 4 is 34.9 Å². The number of carbonyl (C=O) groups is 1. The molecule has 0 aromatic heterocycles. The molecule has 0 spiro atoms. The van der Waals surface area contributed by atoms with Crippen LogP contribution in [0.25, 0.3) is 0 Å². The highest BCUT2D eigenvalue weighted by atomic mass is 35.5. The lowest BCUT2D eigenvalue weighted by Crippen LogP contribution is -2.31. The fraction of sp³-hybridized carbons (Fsp3) is 0.462. The second-order valence-corrected chi connectivity index (χ2v) is 4.71. The lowest BCUT2D eigenvalue weighted by atomic mass is 10.1. The molecule has 1 atom stereocenters. The maximum absolute atomic E-state index is 11.8. The Morgan fingerprint density at radius 2 is 2.11 bits per heavy atom. The summed E-state index contributed by atoms with van der Waals surface area (Å²) >= 11 is 11.9. The highest BCUT2D eigenvalue weighted by Gasteiger charge is 2.19. The molecular formula is C13H17Cl2NO2. The minimum Gasteiger partial charge on any atom is -0.464 e. The summed E-state index contributed by atoms with van der Waals surface area (Å²) in [5.41, 5.74) is 0.688. The van der Waals surface area contributed by atoms with Crippen molar-refractivity contribution in [2.75, 3.05) is 11.9 Å². The molecule has 0 saturated carbocycles. The van der Waals surface area contributed by atoms with Gasteiger partial charge in [0.2, 0.25) is 0 Å². The second kappa shape index (κ2) is 7.49. The Bertz CT molecular complexity index is 410. The quantitative estimate of drug-likeness (QED) is 0.800. The van der Waals surface area contributed by atoms with Gasteiger partial charge in [-0.05, 0) is 31.5 Å². The van der Waals surface area contributed by atoms with E-state index in [2.05, 4.69) is 5.32 Å². The minimum atomic E-state index is -0.381. The van der Waals surface area contributed by atoms with E-state index >= 15 is 0 Å². The molecule has 0 saturated heterocycles. The van der Waals surface area contributed by atoms with Crippen molar-refractivity contribution in [3.8, 4) is 0 Å². The highest BCUT2D eigenvalue weighted by molar-refractivity contribution is 6.36. The molecule has 1 rings (SSSR count). The molecular weight excluding hydrogens is 273 g/mol. The van der Waals surface area contributed by atoms with Crippen LogP contribution in [0.4, 0.5) is 5.69 Å². The Morgan fingerprint density at radius 3 is 2.67 bits per heavy atom. The van der Waals surface area contributed by atoms with Crippen molar-refractivity contribution in [3.63, 3.8) is 0 Å². The van der Waals surface area contributed by atoms with Gasteiger partial charge in [0, 0.05) is 5.02 Å². The van der Waals surface area contributed by atoms with Crippen molar-refractivity contribution in [1.82, 2.24) is 0 Å². The Hall–Kier alpha value is -0.930. The average Bonchev–Trinajstić information content (AvgIpc) is 2.32. The van der Waals surface area contributed by atoms with Crippen LogP contribution in [-0.2, 0) is 9.53 Å². The van der Waals surface area contributed by atoms with Crippen molar-refractivity contribution in [3.05, 3.63) is 28.2 Å². The van der Waals surface area contributed by atoms with Gasteiger partial charge in [-0.1, -0.05) is 36.5 Å². The lowest BCUT2D eigenvalue weighted by Gasteiger charge is -2.18. The van der Waals surface area contributed by atoms with E-state index < -0.39 is 0 Å². The number of nitrogens with one attached hydrogen (secondary N) is 1. The first-order valence-electron chi connectivity index (χ1n) is 5.96. The van der Waals surface area contributed by atoms with Crippen molar-refractivity contribution in [2.24, 2.45) is 0 Å². The van der Waals surface area contributed by atoms with Gasteiger partial charge in [-0.3, -0.25) is 0 Å². The molecule has 0 bridgehead atoms. The molecule has 1 unspecified atom stereocenters. The van der Waals surface area contributed by atoms with E-state index in [1.807, 2.05) is 6.92 Å². The van der Waals surface area contributed by atoms with Crippen LogP contribution in [0.15, 0.2) is 18.2 Å². The fourth-order valence-corrected chi connectivity index (χ4v) is 2.04. The molecule has 1 aromatic carbocycles. The highest BCUT2D eigenvalue weighted by Crippen LogP contribution is 2.26. The summed E-state index contributed by atoms with van der Waals surface area (Å²) in [5.74, 6) is -0.259. The van der Waals surface area contributed by atoms with E-state index in [1.165, 1.54) is 0 Å². The summed E-state index contributed by atoms with van der Waals surface area (Å²) in [6, 6.07) is 4.74. The van der Waals surface area contributed by atoms with E-state index in [1.54, 1.807) is 25.1 Å². The minimum absolute atomic E-state index is 0.259. The van der Waals surface area contributed by atoms with Crippen LogP contribution in [-0.4, -0.2) is 18.6 Å². The van der Waals surface area contributed by atoms with Crippen LogP contribution < -0.4 is 5.32 Å². The number of benzene rings is 1. The maximum atomic E-state index is 11.8. The Morgan fingerprint density at radius 1 is 1.39 bits per heavy atom. The molecule has 0 aliphatic carbocycles. The molecule has 5 heteroatoms. The summed E-state index contributed by atoms with van der Waals surface area (Å²) < 4.78 is 5.02. The standard InChI is InChI=1S/C13H17Cl2NO2/c1-3-5-12(13(17)18-4-2)16-11-7-6-9(14)8-10(11)15/h6-8,12,16H,3-5H2,1-2H3. The average molecular weight is 290 g/mol. The normalized spacial score (nSPS) is 12.0. The third-order valence-electron chi connectivity index (χ3n) is 2.41. The van der Waals surface area contributed by atoms with Gasteiger partial charge in [0.25, 0.3) is 0 Å². The molecule has 0 fully saturated rings. The summed E-state index contributed by atoms with van der Waals surface area (Å²) in [6.07, 6.45) is 1.57. The van der Waals surface area contributed by atoms with Gasteiger partial charge < -0.3 is 10.1 Å². The Balaban J connectivity index is 2.79. The summed E-state index contributed by atoms with van der Waals surface area (Å²) in [5, 5.41) is 4.15. The van der Waals surface area contributed by atoms with Crippen LogP contribution in [0, 0.1) is 0 Å². The summed E-state index contributed by atoms with van der Waals surface area (Å²) in [4.78, 5) is 11.8. The second-order valence-electron chi connectivity index (χ2n) is 3.86. The number of hydrogen-bond acceptors (Lipinski definition) is 3. The van der Waals surface area contributed by atoms with Gasteiger partial charge in [-0.25, -0.2) is 4.79 Å². The van der Waals surface area contributed by atoms with E-state index in [9.17, 15) is 4.79 Å². The smallest absolute Gasteiger partial charge is 0.328 e. The van der Waals surface area contributed by atoms with Crippen LogP contribution in [0.2, 0.25) is 10.0 Å². The van der Waals surface area contributed by atoms with E-state index in [0.29, 0.717) is 28.8 Å². The van der Waals surface area contributed by atoms with Crippen molar-refractivity contribution in [2.45, 2.75) is 32.7 Å². The number of ether oxygens (including phenoxy) is 1. The third-order valence-corrected chi connectivity index (χ3v) is 2.96. The maximum Gasteiger partial charge on any atom is 0.328 e. The first kappa shape index (κ1) is 15.1. The number of hydrogen-bond donors (Lipinski definition) is 1. The molecule has 3 nitrogen and oxygen atoms in total. The largest absolute Gasteiger partial charge is 0.464 e. The first-order chi connectivity index (χ1) is 8.58. The van der Waals surface area contributed by atoms with Crippen molar-refractivity contribution < 1.29 is 9.53 Å². The number of carbonyl (C=O) groups excluding carboxylic acids is 1. The zero-order valence-electron chi connectivity index (χ0n) is 10.5. The van der Waals surface area contributed by atoms with Crippen LogP contribution in [0.1, 0.15) is 26.7 Å². The molecule has 0 aliphatic rings. The third kappa shape index (κ3) is 4.39. The predicted molar refractivity (Wildman–Crippen MR) is 75.4 cm³/mol. The van der Waals surface area contributed by atoms with Gasteiger partial charge >= 0.3 is 5.97 Å². The van der Waals surface area contributed by atoms with E-state index in [0.717, 1.165) is 6.42 Å². The fourth-order valence-electron chi connectivity index (χ4n) is 1.57. The number of halogens is 2. The predicted octanol–water partition coefficient (Wildman–Crippen LogP) is 4.14. The summed E-state index contributed by atoms with van der Waals surface area (Å²) in [7, 11) is 0. The van der Waals surface area contributed by atoms with Gasteiger partial charge in [0.1, 0.15) is 6.04 Å². The van der Waals surface area contributed by atoms with Gasteiger partial charge in [-0.15, -0.1) is 0 Å². The number of anilines is 1. The SMILES string of the molecule is CCCC(Nc1ccc(Cl)cc1Cl)C(=O)OCC. The van der Waals surface area contributed by atoms with E-state index in [4.69, 9.17) is 27.9 Å². The van der Waals surface area contributed by atoms with Gasteiger partial charge in [0.05, 0.1) is 17.3 Å². The Kier molecular flexibility index (Phi) is 6.30. The number of esters is 1. The molecule has 0 aliphatic heterocycles. The molecule has 1 N–H and O–H groups in total. The molecule has 0 radical (unpaired) electrons. The number of rotatable bonds is 6. The van der Waals surface area contributed by atoms with Gasteiger partial charge in [-0.2, -0.15) is 0 Å². The summed E-state index contributed by atoms with van der Waals surface area (Å²) in [6.45, 7) is 4.17. The Labute approximate surface area is 117 Å². The lowest BCUT2D eigenvalue weighted by molar-refractivity contribution is -0.144. The molecule has 0 amide bonds. The topological polar surface area (TPSA) is 38.3 Å². The van der Waals surface area contributed by atoms with Crippen LogP contribution in [0.5, 0.6) is 0 Å². The zero-order valence-corrected chi connectivity index (χ0v) is 12.0. The molecule has 0 heterocycles. The van der Waals surface area contributed by atoms with Crippen molar-refractivity contribution in [1.29, 1.82) is 0 Å². The zero-order chi connectivity index (χ0) is 13.5. The monoisotopic (exact) mass is 289 g/mol. The van der Waals surface area contributed by atoms with Crippen LogP contribution >= 0.6 is 23.2 Å². The van der Waals surface area contributed by atoms with Crippen LogP contribution in [0.3, 0.4) is 0 Å². The molecule has 1 aromatic rings.